The van der Waals surface area contributed by atoms with E-state index in [0.717, 1.165) is 0 Å². The van der Waals surface area contributed by atoms with Gasteiger partial charge in [0.25, 0.3) is 0 Å². The Labute approximate surface area is 135 Å². The van der Waals surface area contributed by atoms with Gasteiger partial charge in [-0.2, -0.15) is 4.31 Å². The molecule has 1 heterocycles. The Morgan fingerprint density at radius 1 is 1.22 bits per heavy atom. The molecule has 2 N–H and O–H groups in total. The summed E-state index contributed by atoms with van der Waals surface area (Å²) in [4.78, 5) is 22.3. The third kappa shape index (κ3) is 4.08. The summed E-state index contributed by atoms with van der Waals surface area (Å²) in [5.74, 6) is -1.92. The summed E-state index contributed by atoms with van der Waals surface area (Å²) in [5.41, 5.74) is 0.506. The first-order valence-electron chi connectivity index (χ1n) is 7.30. The number of hydrogen-bond acceptors (Lipinski definition) is 4. The Hall–Kier alpha value is -1.93. The van der Waals surface area contributed by atoms with Gasteiger partial charge in [0.1, 0.15) is 0 Å². The van der Waals surface area contributed by atoms with Gasteiger partial charge in [-0.1, -0.05) is 6.92 Å². The summed E-state index contributed by atoms with van der Waals surface area (Å²) in [6.07, 6.45) is 0.475. The molecule has 7 nitrogen and oxygen atoms in total. The lowest BCUT2D eigenvalue weighted by Gasteiger charge is -2.33. The molecule has 1 saturated heterocycles. The number of carboxylic acids is 1. The summed E-state index contributed by atoms with van der Waals surface area (Å²) >= 11 is 0. The Kier molecular flexibility index (Phi) is 5.06. The molecule has 1 aliphatic rings. The second-order valence-electron chi connectivity index (χ2n) is 5.90. The minimum Gasteiger partial charge on any atom is -0.481 e. The summed E-state index contributed by atoms with van der Waals surface area (Å²) < 4.78 is 26.6. The number of nitrogens with one attached hydrogen (secondary N) is 1. The number of nitrogens with zero attached hydrogens (tertiary/aromatic N) is 1. The average Bonchev–Trinajstić information content (AvgIpc) is 2.46. The van der Waals surface area contributed by atoms with Crippen molar-refractivity contribution in [3.8, 4) is 0 Å². The second kappa shape index (κ2) is 6.67. The number of rotatable bonds is 4. The highest BCUT2D eigenvalue weighted by molar-refractivity contribution is 7.89. The molecule has 0 aliphatic carbocycles. The molecule has 2 rings (SSSR count). The van der Waals surface area contributed by atoms with Crippen molar-refractivity contribution in [1.29, 1.82) is 0 Å². The maximum absolute atomic E-state index is 12.7. The number of hydrogen-bond donors (Lipinski definition) is 2. The van der Waals surface area contributed by atoms with Gasteiger partial charge in [-0.15, -0.1) is 0 Å². The minimum atomic E-state index is -3.75. The van der Waals surface area contributed by atoms with Crippen LogP contribution in [0.4, 0.5) is 5.69 Å². The number of anilines is 1. The third-order valence-corrected chi connectivity index (χ3v) is 5.63. The Morgan fingerprint density at radius 3 is 2.35 bits per heavy atom. The third-order valence-electron chi connectivity index (χ3n) is 3.79. The zero-order chi connectivity index (χ0) is 17.2. The fourth-order valence-electron chi connectivity index (χ4n) is 2.74. The highest BCUT2D eigenvalue weighted by atomic mass is 32.2. The molecule has 0 aromatic heterocycles. The van der Waals surface area contributed by atoms with E-state index in [1.54, 1.807) is 0 Å². The number of amides is 1. The van der Waals surface area contributed by atoms with E-state index in [4.69, 9.17) is 5.11 Å². The molecule has 1 aromatic carbocycles. The van der Waals surface area contributed by atoms with Gasteiger partial charge in [-0.3, -0.25) is 9.59 Å². The molecule has 8 heteroatoms. The van der Waals surface area contributed by atoms with E-state index in [1.807, 2.05) is 6.92 Å². The van der Waals surface area contributed by atoms with Crippen LogP contribution in [0.2, 0.25) is 0 Å². The van der Waals surface area contributed by atoms with Crippen molar-refractivity contribution >= 4 is 27.6 Å². The standard InChI is InChI=1S/C15H20N2O5S/c1-10-7-12(15(19)20)9-17(8-10)23(21,22)14-5-3-13(4-6-14)16-11(2)18/h3-6,10,12H,7-9H2,1-2H3,(H,16,18)(H,19,20). The monoisotopic (exact) mass is 340 g/mol. The first kappa shape index (κ1) is 17.4. The van der Waals surface area contributed by atoms with Crippen LogP contribution in [0.1, 0.15) is 20.3 Å². The van der Waals surface area contributed by atoms with Gasteiger partial charge in [0.05, 0.1) is 10.8 Å². The topological polar surface area (TPSA) is 104 Å². The Morgan fingerprint density at radius 2 is 1.83 bits per heavy atom. The molecule has 23 heavy (non-hydrogen) atoms. The Bertz CT molecular complexity index is 699. The molecule has 0 radical (unpaired) electrons. The van der Waals surface area contributed by atoms with E-state index in [-0.39, 0.29) is 23.3 Å². The van der Waals surface area contributed by atoms with Gasteiger partial charge in [0, 0.05) is 25.7 Å². The van der Waals surface area contributed by atoms with E-state index in [1.165, 1.54) is 35.5 Å². The summed E-state index contributed by atoms with van der Waals surface area (Å²) in [7, 11) is -3.75. The van der Waals surface area contributed by atoms with E-state index in [0.29, 0.717) is 18.7 Å². The smallest absolute Gasteiger partial charge is 0.307 e. The molecule has 2 atom stereocenters. The SMILES string of the molecule is CC(=O)Nc1ccc(S(=O)(=O)N2CC(C)CC(C(=O)O)C2)cc1. The highest BCUT2D eigenvalue weighted by Gasteiger charge is 2.36. The van der Waals surface area contributed by atoms with Crippen LogP contribution in [0.5, 0.6) is 0 Å². The number of carbonyl (C=O) groups excluding carboxylic acids is 1. The number of carboxylic acid groups (broad SMARTS) is 1. The van der Waals surface area contributed by atoms with Crippen molar-refractivity contribution in [2.75, 3.05) is 18.4 Å². The maximum atomic E-state index is 12.7. The van der Waals surface area contributed by atoms with Crippen molar-refractivity contribution in [2.24, 2.45) is 11.8 Å². The van der Waals surface area contributed by atoms with Crippen LogP contribution in [0, 0.1) is 11.8 Å². The van der Waals surface area contributed by atoms with Crippen LogP contribution >= 0.6 is 0 Å². The van der Waals surface area contributed by atoms with Crippen molar-refractivity contribution in [3.05, 3.63) is 24.3 Å². The Balaban J connectivity index is 2.23. The van der Waals surface area contributed by atoms with Crippen LogP contribution in [-0.2, 0) is 19.6 Å². The fraction of sp³-hybridized carbons (Fsp3) is 0.467. The molecule has 2 unspecified atom stereocenters. The quantitative estimate of drug-likeness (QED) is 0.862. The van der Waals surface area contributed by atoms with Gasteiger partial charge in [0.15, 0.2) is 0 Å². The zero-order valence-corrected chi connectivity index (χ0v) is 13.8. The predicted octanol–water partition coefficient (Wildman–Crippen LogP) is 1.38. The molecule has 0 saturated carbocycles. The van der Waals surface area contributed by atoms with Crippen molar-refractivity contribution < 1.29 is 23.1 Å². The van der Waals surface area contributed by atoms with Gasteiger partial charge >= 0.3 is 5.97 Å². The largest absolute Gasteiger partial charge is 0.481 e. The van der Waals surface area contributed by atoms with Gasteiger partial charge < -0.3 is 10.4 Å². The van der Waals surface area contributed by atoms with Crippen LogP contribution in [0.3, 0.4) is 0 Å². The molecule has 1 aliphatic heterocycles. The molecule has 1 fully saturated rings. The maximum Gasteiger partial charge on any atom is 0.307 e. The lowest BCUT2D eigenvalue weighted by Crippen LogP contribution is -2.45. The van der Waals surface area contributed by atoms with Gasteiger partial charge in [-0.25, -0.2) is 8.42 Å². The first-order valence-corrected chi connectivity index (χ1v) is 8.74. The van der Waals surface area contributed by atoms with Crippen LogP contribution in [0.15, 0.2) is 29.2 Å². The second-order valence-corrected chi connectivity index (χ2v) is 7.84. The van der Waals surface area contributed by atoms with Crippen molar-refractivity contribution in [1.82, 2.24) is 4.31 Å². The van der Waals surface area contributed by atoms with Crippen LogP contribution in [0.25, 0.3) is 0 Å². The van der Waals surface area contributed by atoms with Crippen LogP contribution < -0.4 is 5.32 Å². The average molecular weight is 340 g/mol. The molecular formula is C15H20N2O5S. The summed E-state index contributed by atoms with van der Waals surface area (Å²) in [5, 5.41) is 11.7. The highest BCUT2D eigenvalue weighted by Crippen LogP contribution is 2.27. The fourth-order valence-corrected chi connectivity index (χ4v) is 4.35. The number of aliphatic carboxylic acids is 1. The number of piperidine rings is 1. The number of sulfonamides is 1. The zero-order valence-electron chi connectivity index (χ0n) is 13.0. The number of benzene rings is 1. The predicted molar refractivity (Wildman–Crippen MR) is 84.4 cm³/mol. The molecule has 1 aromatic rings. The van der Waals surface area contributed by atoms with E-state index in [2.05, 4.69) is 5.32 Å². The van der Waals surface area contributed by atoms with Gasteiger partial charge in [-0.05, 0) is 36.6 Å². The normalized spacial score (nSPS) is 22.5. The molecule has 0 spiro atoms. The summed E-state index contributed by atoms with van der Waals surface area (Å²) in [6, 6.07) is 5.85. The van der Waals surface area contributed by atoms with Gasteiger partial charge in [0.2, 0.25) is 15.9 Å². The van der Waals surface area contributed by atoms with E-state index in [9.17, 15) is 18.0 Å². The number of carbonyl (C=O) groups is 2. The van der Waals surface area contributed by atoms with E-state index < -0.39 is 21.9 Å². The molecule has 0 bridgehead atoms. The summed E-state index contributed by atoms with van der Waals surface area (Å²) in [6.45, 7) is 3.50. The van der Waals surface area contributed by atoms with E-state index >= 15 is 0 Å². The lowest BCUT2D eigenvalue weighted by atomic mass is 9.92. The molecule has 126 valence electrons. The molecule has 1 amide bonds. The molecular weight excluding hydrogens is 320 g/mol. The minimum absolute atomic E-state index is 0.0155. The van der Waals surface area contributed by atoms with Crippen molar-refractivity contribution in [3.63, 3.8) is 0 Å². The van der Waals surface area contributed by atoms with Crippen molar-refractivity contribution in [2.45, 2.75) is 25.2 Å². The lowest BCUT2D eigenvalue weighted by molar-refractivity contribution is -0.143. The van der Waals surface area contributed by atoms with Crippen LogP contribution in [-0.4, -0.2) is 42.8 Å². The first-order chi connectivity index (χ1) is 10.7.